The molecule has 0 saturated carbocycles. The standard InChI is InChI=1S/C15H21N5O2/c1-11(8-20-10-16-9-17-20)18-15(21)19-14-6-4-5-13(7-14)12(2)22-3/h4-7,9-12H,8H2,1-3H3,(H2,18,19,21). The molecule has 2 unspecified atom stereocenters. The Balaban J connectivity index is 1.88. The zero-order valence-electron chi connectivity index (χ0n) is 13.0. The highest BCUT2D eigenvalue weighted by Crippen LogP contribution is 2.19. The van der Waals surface area contributed by atoms with E-state index in [1.807, 2.05) is 38.1 Å². The molecule has 2 rings (SSSR count). The predicted molar refractivity (Wildman–Crippen MR) is 83.5 cm³/mol. The van der Waals surface area contributed by atoms with E-state index in [0.29, 0.717) is 6.54 Å². The number of amides is 2. The smallest absolute Gasteiger partial charge is 0.319 e. The first-order valence-corrected chi connectivity index (χ1v) is 7.11. The lowest BCUT2D eigenvalue weighted by atomic mass is 10.1. The first-order valence-electron chi connectivity index (χ1n) is 7.11. The number of anilines is 1. The Labute approximate surface area is 129 Å². The molecule has 2 N–H and O–H groups in total. The van der Waals surface area contributed by atoms with Crippen LogP contribution < -0.4 is 10.6 Å². The molecule has 0 aliphatic heterocycles. The van der Waals surface area contributed by atoms with Crippen LogP contribution in [0.3, 0.4) is 0 Å². The average Bonchev–Trinajstić information content (AvgIpc) is 2.99. The monoisotopic (exact) mass is 303 g/mol. The minimum absolute atomic E-state index is 0.0175. The molecule has 2 amide bonds. The molecule has 2 atom stereocenters. The largest absolute Gasteiger partial charge is 0.377 e. The lowest BCUT2D eigenvalue weighted by Crippen LogP contribution is -2.38. The molecule has 1 heterocycles. The number of hydrogen-bond donors (Lipinski definition) is 2. The summed E-state index contributed by atoms with van der Waals surface area (Å²) >= 11 is 0. The van der Waals surface area contributed by atoms with Gasteiger partial charge in [0.1, 0.15) is 12.7 Å². The van der Waals surface area contributed by atoms with Gasteiger partial charge < -0.3 is 15.4 Å². The molecule has 22 heavy (non-hydrogen) atoms. The van der Waals surface area contributed by atoms with E-state index in [1.54, 1.807) is 18.1 Å². The molecule has 0 aliphatic rings. The highest BCUT2D eigenvalue weighted by molar-refractivity contribution is 5.89. The van der Waals surface area contributed by atoms with Crippen LogP contribution in [0.4, 0.5) is 10.5 Å². The summed E-state index contributed by atoms with van der Waals surface area (Å²) in [5, 5.41) is 9.69. The lowest BCUT2D eigenvalue weighted by Gasteiger charge is -2.15. The third-order valence-corrected chi connectivity index (χ3v) is 3.27. The van der Waals surface area contributed by atoms with Crippen LogP contribution in [-0.2, 0) is 11.3 Å². The highest BCUT2D eigenvalue weighted by Gasteiger charge is 2.10. The molecule has 2 aromatic rings. The van der Waals surface area contributed by atoms with Gasteiger partial charge in [-0.1, -0.05) is 12.1 Å². The molecular weight excluding hydrogens is 282 g/mol. The van der Waals surface area contributed by atoms with E-state index in [4.69, 9.17) is 4.74 Å². The molecule has 0 saturated heterocycles. The summed E-state index contributed by atoms with van der Waals surface area (Å²) in [4.78, 5) is 15.9. The zero-order valence-corrected chi connectivity index (χ0v) is 13.0. The van der Waals surface area contributed by atoms with Gasteiger partial charge in [-0.05, 0) is 31.5 Å². The van der Waals surface area contributed by atoms with Crippen molar-refractivity contribution in [3.63, 3.8) is 0 Å². The number of aromatic nitrogens is 3. The minimum atomic E-state index is -0.255. The van der Waals surface area contributed by atoms with Gasteiger partial charge in [-0.3, -0.25) is 4.68 Å². The molecule has 0 aliphatic carbocycles. The number of nitrogens with one attached hydrogen (secondary N) is 2. The number of urea groups is 1. The topological polar surface area (TPSA) is 81.1 Å². The van der Waals surface area contributed by atoms with Crippen LogP contribution in [0, 0.1) is 0 Å². The Bertz CT molecular complexity index is 600. The van der Waals surface area contributed by atoms with E-state index >= 15 is 0 Å². The Morgan fingerprint density at radius 1 is 1.41 bits per heavy atom. The van der Waals surface area contributed by atoms with E-state index < -0.39 is 0 Å². The van der Waals surface area contributed by atoms with E-state index in [-0.39, 0.29) is 18.2 Å². The first-order chi connectivity index (χ1) is 10.6. The first kappa shape index (κ1) is 16.0. The lowest BCUT2D eigenvalue weighted by molar-refractivity contribution is 0.119. The summed E-state index contributed by atoms with van der Waals surface area (Å²) < 4.78 is 6.95. The Morgan fingerprint density at radius 2 is 2.23 bits per heavy atom. The van der Waals surface area contributed by atoms with Crippen molar-refractivity contribution in [2.45, 2.75) is 32.5 Å². The Morgan fingerprint density at radius 3 is 2.91 bits per heavy atom. The van der Waals surface area contributed by atoms with Gasteiger partial charge in [-0.15, -0.1) is 0 Å². The molecule has 0 fully saturated rings. The van der Waals surface area contributed by atoms with Crippen molar-refractivity contribution in [3.8, 4) is 0 Å². The number of methoxy groups -OCH3 is 1. The summed E-state index contributed by atoms with van der Waals surface area (Å²) in [5.74, 6) is 0. The summed E-state index contributed by atoms with van der Waals surface area (Å²) in [6, 6.07) is 7.27. The number of carbonyl (C=O) groups excluding carboxylic acids is 1. The number of ether oxygens (including phenoxy) is 1. The maximum atomic E-state index is 12.0. The average molecular weight is 303 g/mol. The van der Waals surface area contributed by atoms with E-state index in [1.165, 1.54) is 6.33 Å². The molecule has 7 nitrogen and oxygen atoms in total. The summed E-state index contributed by atoms with van der Waals surface area (Å²) in [7, 11) is 1.66. The maximum absolute atomic E-state index is 12.0. The third kappa shape index (κ3) is 4.56. The van der Waals surface area contributed by atoms with Gasteiger partial charge in [0.05, 0.1) is 12.6 Å². The van der Waals surface area contributed by atoms with Crippen molar-refractivity contribution >= 4 is 11.7 Å². The summed E-state index contributed by atoms with van der Waals surface area (Å²) in [6.07, 6.45) is 3.07. The normalized spacial score (nSPS) is 13.4. The molecule has 0 spiro atoms. The number of nitrogens with zero attached hydrogens (tertiary/aromatic N) is 3. The molecule has 118 valence electrons. The van der Waals surface area contributed by atoms with E-state index in [9.17, 15) is 4.79 Å². The fourth-order valence-electron chi connectivity index (χ4n) is 2.05. The van der Waals surface area contributed by atoms with Crippen molar-refractivity contribution in [2.24, 2.45) is 0 Å². The van der Waals surface area contributed by atoms with Gasteiger partial charge in [-0.25, -0.2) is 9.78 Å². The fraction of sp³-hybridized carbons (Fsp3) is 0.400. The molecule has 7 heteroatoms. The summed E-state index contributed by atoms with van der Waals surface area (Å²) in [5.41, 5.74) is 1.74. The van der Waals surface area contributed by atoms with Gasteiger partial charge in [0.2, 0.25) is 0 Å². The number of benzene rings is 1. The molecule has 0 bridgehead atoms. The fourth-order valence-corrected chi connectivity index (χ4v) is 2.05. The maximum Gasteiger partial charge on any atom is 0.319 e. The van der Waals surface area contributed by atoms with Crippen molar-refractivity contribution in [3.05, 3.63) is 42.5 Å². The molecule has 1 aromatic carbocycles. The Kier molecular flexibility index (Phi) is 5.48. The van der Waals surface area contributed by atoms with Gasteiger partial charge in [0, 0.05) is 18.8 Å². The van der Waals surface area contributed by atoms with Gasteiger partial charge in [0.15, 0.2) is 0 Å². The van der Waals surface area contributed by atoms with Crippen molar-refractivity contribution in [1.29, 1.82) is 0 Å². The number of rotatable bonds is 6. The molecule has 1 aromatic heterocycles. The van der Waals surface area contributed by atoms with Crippen LogP contribution in [0.1, 0.15) is 25.5 Å². The third-order valence-electron chi connectivity index (χ3n) is 3.27. The summed E-state index contributed by atoms with van der Waals surface area (Å²) in [6.45, 7) is 4.43. The van der Waals surface area contributed by atoms with Crippen molar-refractivity contribution in [2.75, 3.05) is 12.4 Å². The van der Waals surface area contributed by atoms with Gasteiger partial charge in [0.25, 0.3) is 0 Å². The van der Waals surface area contributed by atoms with Crippen LogP contribution in [0.5, 0.6) is 0 Å². The van der Waals surface area contributed by atoms with Crippen LogP contribution in [0.25, 0.3) is 0 Å². The molecule has 0 radical (unpaired) electrons. The van der Waals surface area contributed by atoms with Crippen molar-refractivity contribution in [1.82, 2.24) is 20.1 Å². The van der Waals surface area contributed by atoms with E-state index in [0.717, 1.165) is 11.3 Å². The quantitative estimate of drug-likeness (QED) is 0.857. The minimum Gasteiger partial charge on any atom is -0.377 e. The highest BCUT2D eigenvalue weighted by atomic mass is 16.5. The predicted octanol–water partition coefficient (Wildman–Crippen LogP) is 2.20. The van der Waals surface area contributed by atoms with Gasteiger partial charge in [-0.2, -0.15) is 5.10 Å². The van der Waals surface area contributed by atoms with Crippen LogP contribution in [0.2, 0.25) is 0 Å². The van der Waals surface area contributed by atoms with Crippen molar-refractivity contribution < 1.29 is 9.53 Å². The van der Waals surface area contributed by atoms with Crippen LogP contribution >= 0.6 is 0 Å². The second kappa shape index (κ2) is 7.56. The second-order valence-electron chi connectivity index (χ2n) is 5.12. The second-order valence-corrected chi connectivity index (χ2v) is 5.12. The Hall–Kier alpha value is -2.41. The zero-order chi connectivity index (χ0) is 15.9. The van der Waals surface area contributed by atoms with Crippen LogP contribution in [0.15, 0.2) is 36.9 Å². The van der Waals surface area contributed by atoms with Crippen LogP contribution in [-0.4, -0.2) is 33.9 Å². The van der Waals surface area contributed by atoms with Gasteiger partial charge >= 0.3 is 6.03 Å². The number of hydrogen-bond acceptors (Lipinski definition) is 4. The SMILES string of the molecule is COC(C)c1cccc(NC(=O)NC(C)Cn2cncn2)c1. The van der Waals surface area contributed by atoms with E-state index in [2.05, 4.69) is 20.7 Å². The molecular formula is C15H21N5O2. The number of carbonyl (C=O) groups is 1.